The molecule has 0 radical (unpaired) electrons. The van der Waals surface area contributed by atoms with Crippen LogP contribution in [-0.2, 0) is 6.42 Å². The molecular weight excluding hydrogens is 192 g/mol. The molecule has 0 aliphatic heterocycles. The van der Waals surface area contributed by atoms with Gasteiger partial charge in [-0.25, -0.2) is 0 Å². The lowest BCUT2D eigenvalue weighted by atomic mass is 10.1. The minimum absolute atomic E-state index is 0.0481. The van der Waals surface area contributed by atoms with Crippen LogP contribution in [0, 0.1) is 0 Å². The van der Waals surface area contributed by atoms with E-state index < -0.39 is 6.55 Å². The van der Waals surface area contributed by atoms with Crippen LogP contribution in [-0.4, -0.2) is 23.3 Å². The second-order valence-corrected chi connectivity index (χ2v) is 2.82. The van der Waals surface area contributed by atoms with Crippen molar-refractivity contribution in [2.45, 2.75) is 13.0 Å². The van der Waals surface area contributed by atoms with Crippen molar-refractivity contribution in [3.05, 3.63) is 23.8 Å². The topological polar surface area (TPSA) is 52.5 Å². The molecule has 3 N–H and O–H groups in total. The summed E-state index contributed by atoms with van der Waals surface area (Å²) in [5, 5.41) is 20.2. The van der Waals surface area contributed by atoms with Gasteiger partial charge in [-0.05, 0) is 18.1 Å². The SMILES string of the molecule is Oc1ccc(CCNC(F)F)c(O)c1. The van der Waals surface area contributed by atoms with Gasteiger partial charge in [0, 0.05) is 12.6 Å². The zero-order valence-electron chi connectivity index (χ0n) is 7.37. The van der Waals surface area contributed by atoms with Gasteiger partial charge < -0.3 is 10.2 Å². The van der Waals surface area contributed by atoms with Gasteiger partial charge in [-0.3, -0.25) is 5.32 Å². The van der Waals surface area contributed by atoms with E-state index in [2.05, 4.69) is 0 Å². The van der Waals surface area contributed by atoms with Crippen LogP contribution < -0.4 is 5.32 Å². The van der Waals surface area contributed by atoms with Crippen molar-refractivity contribution in [2.75, 3.05) is 6.54 Å². The minimum atomic E-state index is -2.55. The van der Waals surface area contributed by atoms with Crippen molar-refractivity contribution in [2.24, 2.45) is 0 Å². The first-order valence-corrected chi connectivity index (χ1v) is 4.12. The lowest BCUT2D eigenvalue weighted by Gasteiger charge is -2.05. The number of nitrogens with one attached hydrogen (secondary N) is 1. The van der Waals surface area contributed by atoms with Crippen LogP contribution in [0.5, 0.6) is 11.5 Å². The number of hydrogen-bond donors (Lipinski definition) is 3. The fraction of sp³-hybridized carbons (Fsp3) is 0.333. The van der Waals surface area contributed by atoms with E-state index in [1.807, 2.05) is 5.32 Å². The second kappa shape index (κ2) is 4.76. The Balaban J connectivity index is 2.51. The number of phenolic OH excluding ortho intramolecular Hbond substituents is 2. The number of halogens is 2. The van der Waals surface area contributed by atoms with Crippen LogP contribution >= 0.6 is 0 Å². The Morgan fingerprint density at radius 3 is 2.57 bits per heavy atom. The summed E-state index contributed by atoms with van der Waals surface area (Å²) in [5.74, 6) is -0.130. The Labute approximate surface area is 80.0 Å². The zero-order chi connectivity index (χ0) is 10.6. The quantitative estimate of drug-likeness (QED) is 0.649. The van der Waals surface area contributed by atoms with Gasteiger partial charge in [0.2, 0.25) is 0 Å². The molecule has 0 heterocycles. The molecule has 14 heavy (non-hydrogen) atoms. The standard InChI is InChI=1S/C9H11F2NO2/c10-9(11)12-4-3-6-1-2-7(13)5-8(6)14/h1-2,5,9,12-14H,3-4H2. The highest BCUT2D eigenvalue weighted by Crippen LogP contribution is 2.22. The molecule has 0 fully saturated rings. The van der Waals surface area contributed by atoms with E-state index in [9.17, 15) is 13.9 Å². The van der Waals surface area contributed by atoms with Crippen LogP contribution in [0.3, 0.4) is 0 Å². The molecule has 0 bridgehead atoms. The number of aromatic hydroxyl groups is 2. The molecule has 5 heteroatoms. The highest BCUT2D eigenvalue weighted by molar-refractivity contribution is 5.38. The number of alkyl halides is 2. The first kappa shape index (κ1) is 10.7. The zero-order valence-corrected chi connectivity index (χ0v) is 7.37. The van der Waals surface area contributed by atoms with Crippen molar-refractivity contribution in [3.8, 4) is 11.5 Å². The molecule has 78 valence electrons. The summed E-state index contributed by atoms with van der Waals surface area (Å²) >= 11 is 0. The first-order chi connectivity index (χ1) is 6.59. The maximum absolute atomic E-state index is 11.7. The Kier molecular flexibility index (Phi) is 3.64. The second-order valence-electron chi connectivity index (χ2n) is 2.82. The average Bonchev–Trinajstić information content (AvgIpc) is 2.08. The van der Waals surface area contributed by atoms with E-state index in [4.69, 9.17) is 5.11 Å². The molecule has 0 spiro atoms. The Morgan fingerprint density at radius 1 is 1.29 bits per heavy atom. The third-order valence-corrected chi connectivity index (χ3v) is 1.76. The summed E-state index contributed by atoms with van der Waals surface area (Å²) < 4.78 is 23.4. The third kappa shape index (κ3) is 3.18. The molecule has 0 atom stereocenters. The van der Waals surface area contributed by atoms with E-state index in [-0.39, 0.29) is 24.5 Å². The van der Waals surface area contributed by atoms with E-state index in [0.29, 0.717) is 5.56 Å². The highest BCUT2D eigenvalue weighted by Gasteiger charge is 2.04. The van der Waals surface area contributed by atoms with Gasteiger partial charge in [0.1, 0.15) is 11.5 Å². The molecule has 1 aromatic rings. The fourth-order valence-electron chi connectivity index (χ4n) is 1.08. The largest absolute Gasteiger partial charge is 0.508 e. The predicted octanol–water partition coefficient (Wildman–Crippen LogP) is 1.45. The molecule has 1 rings (SSSR count). The Morgan fingerprint density at radius 2 is 2.00 bits per heavy atom. The van der Waals surface area contributed by atoms with Gasteiger partial charge in [-0.1, -0.05) is 6.07 Å². The molecule has 0 aliphatic rings. The molecule has 0 amide bonds. The average molecular weight is 203 g/mol. The molecule has 0 aliphatic carbocycles. The predicted molar refractivity (Wildman–Crippen MR) is 47.5 cm³/mol. The van der Waals surface area contributed by atoms with Crippen LogP contribution in [0.25, 0.3) is 0 Å². The minimum Gasteiger partial charge on any atom is -0.508 e. The molecule has 3 nitrogen and oxygen atoms in total. The molecule has 0 saturated carbocycles. The first-order valence-electron chi connectivity index (χ1n) is 4.12. The molecule has 1 aromatic carbocycles. The third-order valence-electron chi connectivity index (χ3n) is 1.76. The number of hydrogen-bond acceptors (Lipinski definition) is 3. The van der Waals surface area contributed by atoms with E-state index >= 15 is 0 Å². The Bertz CT molecular complexity index is 305. The maximum atomic E-state index is 11.7. The van der Waals surface area contributed by atoms with Gasteiger partial charge in [-0.15, -0.1) is 0 Å². The molecule has 0 aromatic heterocycles. The van der Waals surface area contributed by atoms with Crippen molar-refractivity contribution in [3.63, 3.8) is 0 Å². The van der Waals surface area contributed by atoms with Crippen LogP contribution in [0.1, 0.15) is 5.56 Å². The van der Waals surface area contributed by atoms with E-state index in [0.717, 1.165) is 0 Å². The smallest absolute Gasteiger partial charge is 0.292 e. The number of rotatable bonds is 4. The summed E-state index contributed by atoms with van der Waals surface area (Å²) in [6.45, 7) is -2.47. The number of phenols is 2. The van der Waals surface area contributed by atoms with Crippen molar-refractivity contribution in [1.82, 2.24) is 5.32 Å². The summed E-state index contributed by atoms with van der Waals surface area (Å²) in [5.41, 5.74) is 0.524. The lowest BCUT2D eigenvalue weighted by molar-refractivity contribution is 0.109. The molecule has 0 unspecified atom stereocenters. The van der Waals surface area contributed by atoms with Crippen LogP contribution in [0.4, 0.5) is 8.78 Å². The molecular formula is C9H11F2NO2. The summed E-state index contributed by atoms with van der Waals surface area (Å²) in [6.07, 6.45) is 0.288. The van der Waals surface area contributed by atoms with Crippen LogP contribution in [0.15, 0.2) is 18.2 Å². The van der Waals surface area contributed by atoms with Crippen molar-refractivity contribution >= 4 is 0 Å². The van der Waals surface area contributed by atoms with Gasteiger partial charge in [0.05, 0.1) is 0 Å². The summed E-state index contributed by atoms with van der Waals surface area (Å²) in [6, 6.07) is 4.08. The lowest BCUT2D eigenvalue weighted by Crippen LogP contribution is -2.22. The van der Waals surface area contributed by atoms with Crippen molar-refractivity contribution in [1.29, 1.82) is 0 Å². The monoisotopic (exact) mass is 203 g/mol. The van der Waals surface area contributed by atoms with E-state index in [1.54, 1.807) is 0 Å². The highest BCUT2D eigenvalue weighted by atomic mass is 19.3. The summed E-state index contributed by atoms with van der Waals surface area (Å²) in [7, 11) is 0. The number of benzene rings is 1. The van der Waals surface area contributed by atoms with Gasteiger partial charge in [0.25, 0.3) is 6.55 Å². The van der Waals surface area contributed by atoms with Gasteiger partial charge in [-0.2, -0.15) is 8.78 Å². The fourth-order valence-corrected chi connectivity index (χ4v) is 1.08. The molecule has 0 saturated heterocycles. The Hall–Kier alpha value is -1.36. The normalized spacial score (nSPS) is 10.8. The van der Waals surface area contributed by atoms with Crippen molar-refractivity contribution < 1.29 is 19.0 Å². The summed E-state index contributed by atoms with van der Waals surface area (Å²) in [4.78, 5) is 0. The van der Waals surface area contributed by atoms with Crippen LogP contribution in [0.2, 0.25) is 0 Å². The maximum Gasteiger partial charge on any atom is 0.292 e. The van der Waals surface area contributed by atoms with Gasteiger partial charge in [0.15, 0.2) is 0 Å². The van der Waals surface area contributed by atoms with Gasteiger partial charge >= 0.3 is 0 Å². The van der Waals surface area contributed by atoms with E-state index in [1.165, 1.54) is 18.2 Å².